The van der Waals surface area contributed by atoms with Crippen LogP contribution in [-0.4, -0.2) is 11.7 Å². The molecular weight excluding hydrogens is 232 g/mol. The Morgan fingerprint density at radius 3 is 2.16 bits per heavy atom. The van der Waals surface area contributed by atoms with Crippen molar-refractivity contribution in [3.05, 3.63) is 34.9 Å². The first-order valence-corrected chi connectivity index (χ1v) is 8.03. The summed E-state index contributed by atoms with van der Waals surface area (Å²) in [6.45, 7) is 4.83. The number of hydrogen-bond donors (Lipinski definition) is 1. The molecular formula is C18H30O. The smallest absolute Gasteiger partial charge is 0.0431 e. The summed E-state index contributed by atoms with van der Waals surface area (Å²) in [5, 5.41) is 8.90. The fourth-order valence-corrected chi connectivity index (χ4v) is 2.49. The molecule has 0 heterocycles. The Morgan fingerprint density at radius 1 is 0.789 bits per heavy atom. The van der Waals surface area contributed by atoms with E-state index in [0.717, 1.165) is 19.3 Å². The quantitative estimate of drug-likeness (QED) is 0.607. The normalized spacial score (nSPS) is 10.9. The van der Waals surface area contributed by atoms with Crippen molar-refractivity contribution in [2.75, 3.05) is 6.61 Å². The van der Waals surface area contributed by atoms with Gasteiger partial charge in [0.05, 0.1) is 0 Å². The topological polar surface area (TPSA) is 20.2 Å². The first-order valence-electron chi connectivity index (χ1n) is 8.03. The highest BCUT2D eigenvalue weighted by atomic mass is 16.2. The summed E-state index contributed by atoms with van der Waals surface area (Å²) < 4.78 is 0. The van der Waals surface area contributed by atoms with Crippen molar-refractivity contribution in [2.24, 2.45) is 0 Å². The van der Waals surface area contributed by atoms with Crippen molar-refractivity contribution in [2.45, 2.75) is 71.6 Å². The Morgan fingerprint density at radius 2 is 1.47 bits per heavy atom. The molecule has 1 N–H and O–H groups in total. The van der Waals surface area contributed by atoms with Gasteiger partial charge >= 0.3 is 0 Å². The minimum Gasteiger partial charge on any atom is -0.396 e. The van der Waals surface area contributed by atoms with Crippen LogP contribution in [0.1, 0.15) is 69.1 Å². The molecule has 0 saturated heterocycles. The largest absolute Gasteiger partial charge is 0.396 e. The van der Waals surface area contributed by atoms with Crippen LogP contribution >= 0.6 is 0 Å². The summed E-state index contributed by atoms with van der Waals surface area (Å²) in [6, 6.07) is 7.06. The SMILES string of the molecule is CCCCc1ccc(CCCCO)c(CCCC)c1. The molecule has 0 aromatic heterocycles. The summed E-state index contributed by atoms with van der Waals surface area (Å²) in [4.78, 5) is 0. The van der Waals surface area contributed by atoms with Crippen LogP contribution in [0, 0.1) is 0 Å². The van der Waals surface area contributed by atoms with Crippen LogP contribution in [0.3, 0.4) is 0 Å². The van der Waals surface area contributed by atoms with E-state index in [1.807, 2.05) is 0 Å². The van der Waals surface area contributed by atoms with Gasteiger partial charge in [-0.15, -0.1) is 0 Å². The average molecular weight is 262 g/mol. The number of aryl methyl sites for hydroxylation is 3. The molecule has 1 aromatic carbocycles. The van der Waals surface area contributed by atoms with Gasteiger partial charge < -0.3 is 5.11 Å². The summed E-state index contributed by atoms with van der Waals surface area (Å²) in [5.74, 6) is 0. The van der Waals surface area contributed by atoms with Gasteiger partial charge in [-0.05, 0) is 61.6 Å². The summed E-state index contributed by atoms with van der Waals surface area (Å²) in [7, 11) is 0. The van der Waals surface area contributed by atoms with E-state index in [2.05, 4.69) is 32.0 Å². The van der Waals surface area contributed by atoms with Gasteiger partial charge in [0.2, 0.25) is 0 Å². The third-order valence-electron chi connectivity index (χ3n) is 3.74. The van der Waals surface area contributed by atoms with Gasteiger partial charge in [0.15, 0.2) is 0 Å². The lowest BCUT2D eigenvalue weighted by Gasteiger charge is -2.12. The molecule has 1 heteroatoms. The Bertz CT molecular complexity index is 344. The highest BCUT2D eigenvalue weighted by Crippen LogP contribution is 2.18. The number of unbranched alkanes of at least 4 members (excludes halogenated alkanes) is 3. The third kappa shape index (κ3) is 6.24. The molecule has 0 radical (unpaired) electrons. The highest BCUT2D eigenvalue weighted by molar-refractivity contribution is 5.32. The zero-order chi connectivity index (χ0) is 13.9. The minimum absolute atomic E-state index is 0.318. The number of aliphatic hydroxyl groups is 1. The molecule has 0 saturated carbocycles. The van der Waals surface area contributed by atoms with Crippen LogP contribution in [0.25, 0.3) is 0 Å². The van der Waals surface area contributed by atoms with Gasteiger partial charge in [-0.3, -0.25) is 0 Å². The molecule has 1 nitrogen and oxygen atoms in total. The van der Waals surface area contributed by atoms with Gasteiger partial charge in [0.1, 0.15) is 0 Å². The molecule has 1 aromatic rings. The van der Waals surface area contributed by atoms with E-state index >= 15 is 0 Å². The zero-order valence-corrected chi connectivity index (χ0v) is 12.8. The van der Waals surface area contributed by atoms with Gasteiger partial charge in [0, 0.05) is 6.61 Å². The van der Waals surface area contributed by atoms with Crippen molar-refractivity contribution in [3.8, 4) is 0 Å². The molecule has 108 valence electrons. The summed E-state index contributed by atoms with van der Waals surface area (Å²) >= 11 is 0. The first-order chi connectivity index (χ1) is 9.31. The molecule has 0 atom stereocenters. The van der Waals surface area contributed by atoms with Crippen LogP contribution in [0.5, 0.6) is 0 Å². The van der Waals surface area contributed by atoms with Crippen molar-refractivity contribution in [3.63, 3.8) is 0 Å². The predicted octanol–water partition coefficient (Wildman–Crippen LogP) is 4.69. The fraction of sp³-hybridized carbons (Fsp3) is 0.667. The van der Waals surface area contributed by atoms with Gasteiger partial charge in [-0.1, -0.05) is 44.9 Å². The zero-order valence-electron chi connectivity index (χ0n) is 12.8. The van der Waals surface area contributed by atoms with Crippen LogP contribution in [0.4, 0.5) is 0 Å². The lowest BCUT2D eigenvalue weighted by molar-refractivity contribution is 0.284. The van der Waals surface area contributed by atoms with E-state index < -0.39 is 0 Å². The molecule has 19 heavy (non-hydrogen) atoms. The number of benzene rings is 1. The van der Waals surface area contributed by atoms with Crippen molar-refractivity contribution in [1.29, 1.82) is 0 Å². The molecule has 0 unspecified atom stereocenters. The molecule has 0 fully saturated rings. The second-order valence-electron chi connectivity index (χ2n) is 5.49. The molecule has 0 bridgehead atoms. The standard InChI is InChI=1S/C18H30O/c1-3-5-9-16-12-13-17(11-7-8-14-19)18(15-16)10-6-4-2/h12-13,15,19H,3-11,14H2,1-2H3. The Labute approximate surface area is 119 Å². The Balaban J connectivity index is 2.70. The average Bonchev–Trinajstić information content (AvgIpc) is 2.44. The monoisotopic (exact) mass is 262 g/mol. The van der Waals surface area contributed by atoms with Crippen LogP contribution in [0.15, 0.2) is 18.2 Å². The summed E-state index contributed by atoms with van der Waals surface area (Å²) in [6.07, 6.45) is 10.7. The maximum absolute atomic E-state index is 8.90. The van der Waals surface area contributed by atoms with Gasteiger partial charge in [-0.2, -0.15) is 0 Å². The van der Waals surface area contributed by atoms with Gasteiger partial charge in [0.25, 0.3) is 0 Å². The van der Waals surface area contributed by atoms with Crippen LogP contribution in [0.2, 0.25) is 0 Å². The van der Waals surface area contributed by atoms with Crippen LogP contribution < -0.4 is 0 Å². The van der Waals surface area contributed by atoms with Gasteiger partial charge in [-0.25, -0.2) is 0 Å². The Hall–Kier alpha value is -0.820. The van der Waals surface area contributed by atoms with E-state index in [9.17, 15) is 0 Å². The molecule has 0 aliphatic heterocycles. The first kappa shape index (κ1) is 16.2. The Kier molecular flexibility index (Phi) is 8.57. The molecule has 0 spiro atoms. The molecule has 1 rings (SSSR count). The predicted molar refractivity (Wildman–Crippen MR) is 83.7 cm³/mol. The van der Waals surface area contributed by atoms with Crippen molar-refractivity contribution >= 4 is 0 Å². The van der Waals surface area contributed by atoms with E-state index in [1.165, 1.54) is 49.7 Å². The fourth-order valence-electron chi connectivity index (χ4n) is 2.49. The molecule has 0 aliphatic rings. The number of aliphatic hydroxyl groups excluding tert-OH is 1. The van der Waals surface area contributed by atoms with Crippen molar-refractivity contribution in [1.82, 2.24) is 0 Å². The maximum Gasteiger partial charge on any atom is 0.0431 e. The number of hydrogen-bond acceptors (Lipinski definition) is 1. The van der Waals surface area contributed by atoms with E-state index in [4.69, 9.17) is 5.11 Å². The van der Waals surface area contributed by atoms with E-state index in [0.29, 0.717) is 6.61 Å². The second-order valence-corrected chi connectivity index (χ2v) is 5.49. The second kappa shape index (κ2) is 10.0. The summed E-state index contributed by atoms with van der Waals surface area (Å²) in [5.41, 5.74) is 4.55. The van der Waals surface area contributed by atoms with Crippen LogP contribution in [-0.2, 0) is 19.3 Å². The third-order valence-corrected chi connectivity index (χ3v) is 3.74. The van der Waals surface area contributed by atoms with E-state index in [-0.39, 0.29) is 0 Å². The van der Waals surface area contributed by atoms with Crippen molar-refractivity contribution < 1.29 is 5.11 Å². The van der Waals surface area contributed by atoms with E-state index in [1.54, 1.807) is 5.56 Å². The highest BCUT2D eigenvalue weighted by Gasteiger charge is 2.04. The maximum atomic E-state index is 8.90. The molecule has 0 aliphatic carbocycles. The lowest BCUT2D eigenvalue weighted by atomic mass is 9.94. The lowest BCUT2D eigenvalue weighted by Crippen LogP contribution is -1.98. The minimum atomic E-state index is 0.318. The number of rotatable bonds is 10. The molecule has 0 amide bonds.